The number of rotatable bonds is 17. The van der Waals surface area contributed by atoms with Gasteiger partial charge in [0.05, 0.1) is 33.2 Å². The number of benzene rings is 2. The molecule has 0 amide bonds. The van der Waals surface area contributed by atoms with Crippen molar-refractivity contribution in [2.75, 3.05) is 26.9 Å². The highest BCUT2D eigenvalue weighted by Gasteiger charge is 2.04. The maximum atomic E-state index is 11.0. The van der Waals surface area contributed by atoms with Crippen molar-refractivity contribution in [3.05, 3.63) is 171 Å². The molecule has 0 radical (unpaired) electrons. The van der Waals surface area contributed by atoms with Crippen LogP contribution in [0.2, 0.25) is 0 Å². The van der Waals surface area contributed by atoms with Gasteiger partial charge in [0, 0.05) is 41.9 Å². The van der Waals surface area contributed by atoms with Crippen molar-refractivity contribution in [1.82, 2.24) is 0 Å². The number of carbonyl (C=O) groups is 6. The fraction of sp³-hybridized carbons (Fsp3) is 0.277. The van der Waals surface area contributed by atoms with E-state index in [2.05, 4.69) is 53.7 Å². The first-order valence-corrected chi connectivity index (χ1v) is 18.5. The standard InChI is InChI=1S/C12H14O2.C10H10O2.C9H10O3.C7H12O2.C5H8O2.C4H6O2/c1-10(2)12(13)14-9-8-11-6-4-3-5-7-11;1-2-10(11)12-8-9-6-4-3-5-7-9;1-7(2)9(10)12-6-8-4-3-5-11-8;1-3-5-6-9-7(8)4-2;1-3-5(6)7-4-2;1-3-4(5)6-2/h3-7H,1,8-9H2,2H3;2-7H,1,8H2;3-5H,1,6H2,2H3;4H,2-3,5-6H2,1H3;3H,1,4H2,2H3;3H,1H2,2H3. The molecule has 3 rings (SSSR count). The van der Waals surface area contributed by atoms with E-state index in [1.807, 2.05) is 67.6 Å². The Morgan fingerprint density at radius 2 is 1.05 bits per heavy atom. The summed E-state index contributed by atoms with van der Waals surface area (Å²) in [5, 5.41) is 0. The van der Waals surface area contributed by atoms with Gasteiger partial charge in [-0.2, -0.15) is 0 Å². The molecular weight excluding hydrogens is 773 g/mol. The Hall–Kier alpha value is -7.02. The summed E-state index contributed by atoms with van der Waals surface area (Å²) in [5.74, 6) is -1.56. The van der Waals surface area contributed by atoms with Gasteiger partial charge in [0.15, 0.2) is 0 Å². The van der Waals surface area contributed by atoms with Crippen molar-refractivity contribution < 1.29 is 61.6 Å². The van der Waals surface area contributed by atoms with Gasteiger partial charge in [-0.15, -0.1) is 0 Å². The number of hydrogen-bond donors (Lipinski definition) is 0. The van der Waals surface area contributed by atoms with Gasteiger partial charge < -0.3 is 32.8 Å². The number of furan rings is 1. The van der Waals surface area contributed by atoms with Crippen molar-refractivity contribution in [3.8, 4) is 0 Å². The lowest BCUT2D eigenvalue weighted by molar-refractivity contribution is -0.141. The van der Waals surface area contributed by atoms with Gasteiger partial charge in [-0.05, 0) is 50.5 Å². The van der Waals surface area contributed by atoms with E-state index in [0.29, 0.717) is 43.3 Å². The minimum Gasteiger partial charge on any atom is -0.466 e. The SMILES string of the molecule is C=C(C)C(=O)OCCc1ccccc1.C=C(C)C(=O)OCc1ccco1.C=CC(=O)OC.C=CC(=O)OCC.C=CC(=O)OCCCC.C=CC(=O)OCc1ccccc1. The third-order valence-corrected chi connectivity index (χ3v) is 6.21. The molecule has 0 N–H and O–H groups in total. The molecule has 13 nitrogen and oxygen atoms in total. The zero-order chi connectivity index (χ0) is 46.0. The van der Waals surface area contributed by atoms with Crippen molar-refractivity contribution in [2.45, 2.75) is 60.2 Å². The molecule has 2 aromatic carbocycles. The summed E-state index contributed by atoms with van der Waals surface area (Å²) in [5.41, 5.74) is 2.98. The molecule has 0 spiro atoms. The molecule has 60 heavy (non-hydrogen) atoms. The van der Waals surface area contributed by atoms with Crippen molar-refractivity contribution in [2.24, 2.45) is 0 Å². The Morgan fingerprint density at radius 1 is 0.567 bits per heavy atom. The molecule has 0 saturated heterocycles. The first kappa shape index (κ1) is 57.3. The van der Waals surface area contributed by atoms with E-state index in [-0.39, 0.29) is 30.5 Å². The highest BCUT2D eigenvalue weighted by molar-refractivity contribution is 5.87. The van der Waals surface area contributed by atoms with Crippen molar-refractivity contribution in [1.29, 1.82) is 0 Å². The normalized spacial score (nSPS) is 8.75. The van der Waals surface area contributed by atoms with Crippen LogP contribution in [0.3, 0.4) is 0 Å². The highest BCUT2D eigenvalue weighted by atomic mass is 16.6. The lowest BCUT2D eigenvalue weighted by Crippen LogP contribution is -2.07. The largest absolute Gasteiger partial charge is 0.466 e. The van der Waals surface area contributed by atoms with E-state index >= 15 is 0 Å². The number of methoxy groups -OCH3 is 1. The Morgan fingerprint density at radius 3 is 1.45 bits per heavy atom. The molecule has 0 fully saturated rings. The topological polar surface area (TPSA) is 171 Å². The summed E-state index contributed by atoms with van der Waals surface area (Å²) in [6.45, 7) is 28.7. The fourth-order valence-electron chi connectivity index (χ4n) is 3.13. The number of hydrogen-bond acceptors (Lipinski definition) is 13. The number of unbranched alkanes of at least 4 members (excludes halogenated alkanes) is 1. The first-order valence-electron chi connectivity index (χ1n) is 18.5. The molecule has 0 unspecified atom stereocenters. The maximum Gasteiger partial charge on any atom is 0.333 e. The smallest absolute Gasteiger partial charge is 0.333 e. The van der Waals surface area contributed by atoms with Gasteiger partial charge in [-0.1, -0.05) is 113 Å². The van der Waals surface area contributed by atoms with Gasteiger partial charge in [0.2, 0.25) is 0 Å². The second kappa shape index (κ2) is 40.2. The summed E-state index contributed by atoms with van der Waals surface area (Å²) >= 11 is 0. The van der Waals surface area contributed by atoms with Crippen molar-refractivity contribution in [3.63, 3.8) is 0 Å². The van der Waals surface area contributed by atoms with E-state index < -0.39 is 11.9 Å². The molecule has 13 heteroatoms. The van der Waals surface area contributed by atoms with Crippen LogP contribution in [0.25, 0.3) is 0 Å². The molecule has 0 aliphatic rings. The van der Waals surface area contributed by atoms with Crippen LogP contribution in [-0.2, 0) is 76.8 Å². The van der Waals surface area contributed by atoms with Crippen molar-refractivity contribution >= 4 is 35.8 Å². The van der Waals surface area contributed by atoms with Gasteiger partial charge in [-0.25, -0.2) is 28.8 Å². The molecule has 1 aromatic heterocycles. The van der Waals surface area contributed by atoms with E-state index in [1.54, 1.807) is 32.9 Å². The van der Waals surface area contributed by atoms with E-state index in [1.165, 1.54) is 25.0 Å². The van der Waals surface area contributed by atoms with Gasteiger partial charge >= 0.3 is 35.8 Å². The highest BCUT2D eigenvalue weighted by Crippen LogP contribution is 2.04. The average Bonchev–Trinajstić information content (AvgIpc) is 3.80. The van der Waals surface area contributed by atoms with Gasteiger partial charge in [0.25, 0.3) is 0 Å². The van der Waals surface area contributed by atoms with Crippen LogP contribution in [0.5, 0.6) is 0 Å². The van der Waals surface area contributed by atoms with E-state index in [4.69, 9.17) is 18.6 Å². The lowest BCUT2D eigenvalue weighted by atomic mass is 10.2. The third-order valence-electron chi connectivity index (χ3n) is 6.21. The Kier molecular flexibility index (Phi) is 38.4. The lowest BCUT2D eigenvalue weighted by Gasteiger charge is -2.03. The summed E-state index contributed by atoms with van der Waals surface area (Å²) in [6.07, 6.45) is 8.84. The van der Waals surface area contributed by atoms with Crippen LogP contribution in [0.15, 0.2) is 158 Å². The Labute approximate surface area is 354 Å². The van der Waals surface area contributed by atoms with E-state index in [9.17, 15) is 28.8 Å². The molecule has 0 aliphatic heterocycles. The van der Waals surface area contributed by atoms with Crippen LogP contribution in [0.4, 0.5) is 0 Å². The molecule has 3 aromatic rings. The van der Waals surface area contributed by atoms with Gasteiger partial charge in [-0.3, -0.25) is 0 Å². The zero-order valence-corrected chi connectivity index (χ0v) is 35.5. The monoisotopic (exact) mass is 832 g/mol. The predicted molar refractivity (Wildman–Crippen MR) is 231 cm³/mol. The van der Waals surface area contributed by atoms with Crippen LogP contribution in [0.1, 0.15) is 57.4 Å². The third kappa shape index (κ3) is 37.9. The molecule has 1 heterocycles. The molecule has 326 valence electrons. The summed E-state index contributed by atoms with van der Waals surface area (Å²) in [4.78, 5) is 62.8. The minimum atomic E-state index is -0.397. The maximum absolute atomic E-state index is 11.0. The molecule has 0 bridgehead atoms. The average molecular weight is 833 g/mol. The second-order valence-corrected chi connectivity index (χ2v) is 11.3. The molecule has 0 aliphatic carbocycles. The first-order chi connectivity index (χ1) is 28.6. The summed E-state index contributed by atoms with van der Waals surface area (Å²) < 4.78 is 32.8. The Bertz CT molecular complexity index is 1710. The number of ether oxygens (including phenoxy) is 6. The number of carbonyl (C=O) groups excluding carboxylic acids is 6. The van der Waals surface area contributed by atoms with Crippen LogP contribution < -0.4 is 0 Å². The molecule has 0 atom stereocenters. The zero-order valence-electron chi connectivity index (χ0n) is 35.5. The summed E-state index contributed by atoms with van der Waals surface area (Å²) in [7, 11) is 1.31. The molecule has 0 saturated carbocycles. The number of esters is 6. The predicted octanol–water partition coefficient (Wildman–Crippen LogP) is 8.76. The second-order valence-electron chi connectivity index (χ2n) is 11.3. The van der Waals surface area contributed by atoms with Gasteiger partial charge in [0.1, 0.15) is 19.0 Å². The summed E-state index contributed by atoms with van der Waals surface area (Å²) in [6, 6.07) is 22.9. The van der Waals surface area contributed by atoms with Crippen LogP contribution in [0, 0.1) is 0 Å². The fourth-order valence-corrected chi connectivity index (χ4v) is 3.13. The van der Waals surface area contributed by atoms with Crippen LogP contribution >= 0.6 is 0 Å². The quantitative estimate of drug-likeness (QED) is 0.0548. The Balaban J connectivity index is -0.000000665. The van der Waals surface area contributed by atoms with Crippen LogP contribution in [-0.4, -0.2) is 62.7 Å². The van der Waals surface area contributed by atoms with E-state index in [0.717, 1.165) is 43.1 Å². The molecular formula is C47H60O13. The minimum absolute atomic E-state index is 0.165.